The van der Waals surface area contributed by atoms with E-state index in [1.807, 2.05) is 0 Å². The average molecular weight is 197 g/mol. The lowest BCUT2D eigenvalue weighted by Crippen LogP contribution is -2.27. The Kier molecular flexibility index (Phi) is 9.06. The van der Waals surface area contributed by atoms with Gasteiger partial charge in [0, 0.05) is 12.6 Å². The lowest BCUT2D eigenvalue weighted by molar-refractivity contribution is 0.495. The van der Waals surface area contributed by atoms with Gasteiger partial charge in [-0.2, -0.15) is 0 Å². The van der Waals surface area contributed by atoms with E-state index in [1.165, 1.54) is 44.1 Å². The first-order valence-corrected chi connectivity index (χ1v) is 6.04. The molecule has 0 saturated heterocycles. The molecule has 0 aliphatic rings. The molecule has 0 aromatic carbocycles. The van der Waals surface area contributed by atoms with Crippen molar-refractivity contribution in [3.63, 3.8) is 0 Å². The molecule has 1 N–H and O–H groups in total. The van der Waals surface area contributed by atoms with Crippen LogP contribution < -0.4 is 5.32 Å². The molecule has 1 atom stereocenters. The van der Waals surface area contributed by atoms with Crippen LogP contribution in [0.4, 0.5) is 0 Å². The summed E-state index contributed by atoms with van der Waals surface area (Å²) in [5, 5.41) is 3.47. The van der Waals surface area contributed by atoms with E-state index in [4.69, 9.17) is 0 Å². The SMILES string of the molecule is C=C(C)CNC(C)CCCCCCC. The van der Waals surface area contributed by atoms with Crippen molar-refractivity contribution >= 4 is 0 Å². The largest absolute Gasteiger partial charge is 0.311 e. The van der Waals surface area contributed by atoms with E-state index >= 15 is 0 Å². The molecular formula is C13H27N. The molecular weight excluding hydrogens is 170 g/mol. The molecule has 0 rings (SSSR count). The van der Waals surface area contributed by atoms with Gasteiger partial charge < -0.3 is 5.32 Å². The molecule has 0 amide bonds. The summed E-state index contributed by atoms with van der Waals surface area (Å²) in [7, 11) is 0. The summed E-state index contributed by atoms with van der Waals surface area (Å²) in [5.74, 6) is 0. The van der Waals surface area contributed by atoms with Crippen molar-refractivity contribution in [1.29, 1.82) is 0 Å². The molecule has 0 aliphatic carbocycles. The molecule has 1 heteroatoms. The Morgan fingerprint density at radius 1 is 1.21 bits per heavy atom. The zero-order valence-electron chi connectivity index (χ0n) is 10.2. The van der Waals surface area contributed by atoms with Crippen molar-refractivity contribution in [2.75, 3.05) is 6.54 Å². The van der Waals surface area contributed by atoms with Crippen molar-refractivity contribution < 1.29 is 0 Å². The Balaban J connectivity index is 3.18. The maximum Gasteiger partial charge on any atom is 0.0161 e. The maximum absolute atomic E-state index is 3.89. The van der Waals surface area contributed by atoms with Crippen LogP contribution in [0.2, 0.25) is 0 Å². The topological polar surface area (TPSA) is 12.0 Å². The average Bonchev–Trinajstić information content (AvgIpc) is 2.14. The van der Waals surface area contributed by atoms with Crippen molar-refractivity contribution in [2.45, 2.75) is 65.3 Å². The molecule has 14 heavy (non-hydrogen) atoms. The maximum atomic E-state index is 3.89. The van der Waals surface area contributed by atoms with Crippen LogP contribution in [-0.4, -0.2) is 12.6 Å². The van der Waals surface area contributed by atoms with Crippen LogP contribution in [0, 0.1) is 0 Å². The fourth-order valence-electron chi connectivity index (χ4n) is 1.50. The van der Waals surface area contributed by atoms with Gasteiger partial charge in [-0.15, -0.1) is 0 Å². The molecule has 1 nitrogen and oxygen atoms in total. The van der Waals surface area contributed by atoms with Crippen LogP contribution in [-0.2, 0) is 0 Å². The second-order valence-electron chi connectivity index (χ2n) is 4.44. The van der Waals surface area contributed by atoms with E-state index in [0.29, 0.717) is 6.04 Å². The fraction of sp³-hybridized carbons (Fsp3) is 0.846. The third-order valence-electron chi connectivity index (χ3n) is 2.49. The van der Waals surface area contributed by atoms with Crippen molar-refractivity contribution in [3.05, 3.63) is 12.2 Å². The lowest BCUT2D eigenvalue weighted by atomic mass is 10.1. The second kappa shape index (κ2) is 9.26. The zero-order valence-corrected chi connectivity index (χ0v) is 10.2. The van der Waals surface area contributed by atoms with Gasteiger partial charge in [0.1, 0.15) is 0 Å². The van der Waals surface area contributed by atoms with Crippen LogP contribution in [0.25, 0.3) is 0 Å². The van der Waals surface area contributed by atoms with Crippen molar-refractivity contribution in [3.8, 4) is 0 Å². The summed E-state index contributed by atoms with van der Waals surface area (Å²) in [5.41, 5.74) is 1.22. The van der Waals surface area contributed by atoms with Crippen LogP contribution in [0.1, 0.15) is 59.3 Å². The molecule has 0 heterocycles. The number of hydrogen-bond acceptors (Lipinski definition) is 1. The van der Waals surface area contributed by atoms with Gasteiger partial charge in [0.15, 0.2) is 0 Å². The summed E-state index contributed by atoms with van der Waals surface area (Å²) in [6.45, 7) is 11.5. The quantitative estimate of drug-likeness (QED) is 0.436. The summed E-state index contributed by atoms with van der Waals surface area (Å²) in [6, 6.07) is 0.647. The predicted molar refractivity (Wildman–Crippen MR) is 65.7 cm³/mol. The van der Waals surface area contributed by atoms with Gasteiger partial charge in [-0.25, -0.2) is 0 Å². The molecule has 0 radical (unpaired) electrons. The Labute approximate surface area is 90.0 Å². The van der Waals surface area contributed by atoms with E-state index in [1.54, 1.807) is 0 Å². The molecule has 0 bridgehead atoms. The predicted octanol–water partition coefficient (Wildman–Crippen LogP) is 3.90. The van der Waals surface area contributed by atoms with E-state index in [9.17, 15) is 0 Å². The Bertz CT molecular complexity index is 140. The third kappa shape index (κ3) is 9.79. The highest BCUT2D eigenvalue weighted by atomic mass is 14.9. The van der Waals surface area contributed by atoms with Gasteiger partial charge in [-0.05, 0) is 20.3 Å². The van der Waals surface area contributed by atoms with Crippen LogP contribution in [0.15, 0.2) is 12.2 Å². The van der Waals surface area contributed by atoms with E-state index in [-0.39, 0.29) is 0 Å². The first-order valence-electron chi connectivity index (χ1n) is 6.04. The number of nitrogens with one attached hydrogen (secondary N) is 1. The van der Waals surface area contributed by atoms with Gasteiger partial charge in [0.2, 0.25) is 0 Å². The monoisotopic (exact) mass is 197 g/mol. The van der Waals surface area contributed by atoms with E-state index in [2.05, 4.69) is 32.7 Å². The summed E-state index contributed by atoms with van der Waals surface area (Å²) in [4.78, 5) is 0. The molecule has 0 fully saturated rings. The number of hydrogen-bond donors (Lipinski definition) is 1. The third-order valence-corrected chi connectivity index (χ3v) is 2.49. The fourth-order valence-corrected chi connectivity index (χ4v) is 1.50. The van der Waals surface area contributed by atoms with Gasteiger partial charge in [-0.1, -0.05) is 51.2 Å². The summed E-state index contributed by atoms with van der Waals surface area (Å²) < 4.78 is 0. The first-order chi connectivity index (χ1) is 6.66. The van der Waals surface area contributed by atoms with Crippen LogP contribution >= 0.6 is 0 Å². The first kappa shape index (κ1) is 13.7. The smallest absolute Gasteiger partial charge is 0.0161 e. The minimum absolute atomic E-state index is 0.647. The summed E-state index contributed by atoms with van der Waals surface area (Å²) >= 11 is 0. The van der Waals surface area contributed by atoms with Gasteiger partial charge >= 0.3 is 0 Å². The molecule has 0 spiro atoms. The minimum atomic E-state index is 0.647. The summed E-state index contributed by atoms with van der Waals surface area (Å²) in [6.07, 6.45) is 8.20. The molecule has 0 aromatic rings. The molecule has 0 aliphatic heterocycles. The molecule has 1 unspecified atom stereocenters. The van der Waals surface area contributed by atoms with Crippen LogP contribution in [0.5, 0.6) is 0 Å². The molecule has 0 saturated carbocycles. The van der Waals surface area contributed by atoms with Crippen molar-refractivity contribution in [1.82, 2.24) is 5.32 Å². The van der Waals surface area contributed by atoms with Crippen LogP contribution in [0.3, 0.4) is 0 Å². The lowest BCUT2D eigenvalue weighted by Gasteiger charge is -2.13. The standard InChI is InChI=1S/C13H27N/c1-5-6-7-8-9-10-13(4)14-11-12(2)3/h13-14H,2,5-11H2,1,3-4H3. The Hall–Kier alpha value is -0.300. The highest BCUT2D eigenvalue weighted by Crippen LogP contribution is 2.07. The van der Waals surface area contributed by atoms with Gasteiger partial charge in [-0.3, -0.25) is 0 Å². The Morgan fingerprint density at radius 2 is 1.86 bits per heavy atom. The van der Waals surface area contributed by atoms with Gasteiger partial charge in [0.25, 0.3) is 0 Å². The molecule has 0 aromatic heterocycles. The van der Waals surface area contributed by atoms with E-state index in [0.717, 1.165) is 6.54 Å². The van der Waals surface area contributed by atoms with Crippen molar-refractivity contribution in [2.24, 2.45) is 0 Å². The normalized spacial score (nSPS) is 12.8. The Morgan fingerprint density at radius 3 is 2.43 bits per heavy atom. The highest BCUT2D eigenvalue weighted by Gasteiger charge is 1.99. The zero-order chi connectivity index (χ0) is 10.8. The molecule has 84 valence electrons. The van der Waals surface area contributed by atoms with Gasteiger partial charge in [0.05, 0.1) is 0 Å². The minimum Gasteiger partial charge on any atom is -0.311 e. The van der Waals surface area contributed by atoms with E-state index < -0.39 is 0 Å². The number of unbranched alkanes of at least 4 members (excludes halogenated alkanes) is 4. The second-order valence-corrected chi connectivity index (χ2v) is 4.44. The number of rotatable bonds is 9. The highest BCUT2D eigenvalue weighted by molar-refractivity contribution is 4.91.